The molecule has 1 aromatic carbocycles. The number of aromatic nitrogens is 3. The summed E-state index contributed by atoms with van der Waals surface area (Å²) in [6.45, 7) is 7.37. The lowest BCUT2D eigenvalue weighted by Gasteiger charge is -2.13. The number of ether oxygens (including phenoxy) is 2. The van der Waals surface area contributed by atoms with Crippen LogP contribution in [0.3, 0.4) is 0 Å². The fourth-order valence-electron chi connectivity index (χ4n) is 3.21. The van der Waals surface area contributed by atoms with Gasteiger partial charge in [-0.2, -0.15) is 5.10 Å². The van der Waals surface area contributed by atoms with E-state index in [1.165, 1.54) is 11.1 Å². The van der Waals surface area contributed by atoms with Gasteiger partial charge in [0.1, 0.15) is 12.7 Å². The van der Waals surface area contributed by atoms with Gasteiger partial charge in [-0.25, -0.2) is 14.7 Å². The van der Waals surface area contributed by atoms with E-state index in [1.807, 2.05) is 4.68 Å². The van der Waals surface area contributed by atoms with Gasteiger partial charge in [0.15, 0.2) is 5.96 Å². The number of nitrogens with one attached hydrogen (secondary N) is 2. The molecule has 1 aromatic heterocycles. The molecule has 3 rings (SSSR count). The van der Waals surface area contributed by atoms with Gasteiger partial charge >= 0.3 is 0 Å². The van der Waals surface area contributed by atoms with E-state index in [1.54, 1.807) is 12.7 Å². The quantitative estimate of drug-likeness (QED) is 0.341. The SMILES string of the molecule is CCNC(=NCc1cccc(Cn2cncn2)c1)NCCCOCC1CCCO1. The van der Waals surface area contributed by atoms with Gasteiger partial charge in [-0.15, -0.1) is 0 Å². The van der Waals surface area contributed by atoms with Crippen molar-refractivity contribution >= 4 is 5.96 Å². The highest BCUT2D eigenvalue weighted by atomic mass is 16.5. The van der Waals surface area contributed by atoms with Crippen LogP contribution in [0, 0.1) is 0 Å². The fraction of sp³-hybridized carbons (Fsp3) is 0.571. The minimum atomic E-state index is 0.294. The molecule has 0 spiro atoms. The summed E-state index contributed by atoms with van der Waals surface area (Å²) in [5.41, 5.74) is 2.35. The summed E-state index contributed by atoms with van der Waals surface area (Å²) in [6.07, 6.45) is 6.78. The molecule has 2 aromatic rings. The summed E-state index contributed by atoms with van der Waals surface area (Å²) in [5.74, 6) is 0.827. The molecular weight excluding hydrogens is 368 g/mol. The van der Waals surface area contributed by atoms with E-state index in [9.17, 15) is 0 Å². The minimum absolute atomic E-state index is 0.294. The number of rotatable bonds is 11. The molecular formula is C21H32N6O2. The molecule has 0 bridgehead atoms. The Morgan fingerprint density at radius 3 is 3.07 bits per heavy atom. The zero-order valence-corrected chi connectivity index (χ0v) is 17.2. The monoisotopic (exact) mass is 400 g/mol. The second-order valence-electron chi connectivity index (χ2n) is 7.10. The molecule has 29 heavy (non-hydrogen) atoms. The molecule has 2 heterocycles. The van der Waals surface area contributed by atoms with Crippen LogP contribution in [0.5, 0.6) is 0 Å². The first kappa shape index (κ1) is 21.3. The molecule has 0 radical (unpaired) electrons. The maximum absolute atomic E-state index is 5.71. The van der Waals surface area contributed by atoms with Crippen molar-refractivity contribution in [2.24, 2.45) is 4.99 Å². The zero-order valence-electron chi connectivity index (χ0n) is 17.2. The normalized spacial score (nSPS) is 16.9. The van der Waals surface area contributed by atoms with Crippen molar-refractivity contribution in [3.63, 3.8) is 0 Å². The first-order chi connectivity index (χ1) is 14.3. The molecule has 1 fully saturated rings. The van der Waals surface area contributed by atoms with Gasteiger partial charge in [0.25, 0.3) is 0 Å². The Morgan fingerprint density at radius 1 is 1.34 bits per heavy atom. The highest BCUT2D eigenvalue weighted by Gasteiger charge is 2.14. The molecule has 158 valence electrons. The Kier molecular flexibility index (Phi) is 8.93. The number of hydrogen-bond donors (Lipinski definition) is 2. The van der Waals surface area contributed by atoms with Crippen LogP contribution >= 0.6 is 0 Å². The second-order valence-corrected chi connectivity index (χ2v) is 7.10. The standard InChI is InChI=1S/C21H32N6O2/c1-2-23-21(24-9-5-10-28-15-20-8-4-11-29-20)25-13-18-6-3-7-19(12-18)14-27-17-22-16-26-27/h3,6-7,12,16-17,20H,2,4-5,8-11,13-15H2,1H3,(H2,23,24,25). The van der Waals surface area contributed by atoms with Gasteiger partial charge in [0.05, 0.1) is 25.8 Å². The van der Waals surface area contributed by atoms with Gasteiger partial charge in [0, 0.05) is 26.3 Å². The van der Waals surface area contributed by atoms with Crippen molar-refractivity contribution in [2.75, 3.05) is 32.9 Å². The number of guanidine groups is 1. The van der Waals surface area contributed by atoms with Crippen LogP contribution in [-0.2, 0) is 22.6 Å². The topological polar surface area (TPSA) is 85.6 Å². The van der Waals surface area contributed by atoms with Crippen LogP contribution in [0.1, 0.15) is 37.3 Å². The Balaban J connectivity index is 1.40. The Hall–Kier alpha value is -2.45. The van der Waals surface area contributed by atoms with E-state index in [2.05, 4.69) is 51.9 Å². The first-order valence-corrected chi connectivity index (χ1v) is 10.4. The molecule has 2 N–H and O–H groups in total. The number of benzene rings is 1. The van der Waals surface area contributed by atoms with Crippen molar-refractivity contribution in [1.29, 1.82) is 0 Å². The Labute approximate surface area is 172 Å². The van der Waals surface area contributed by atoms with Gasteiger partial charge < -0.3 is 20.1 Å². The Morgan fingerprint density at radius 2 is 2.28 bits per heavy atom. The van der Waals surface area contributed by atoms with Gasteiger partial charge in [0.2, 0.25) is 0 Å². The molecule has 1 saturated heterocycles. The average Bonchev–Trinajstić information content (AvgIpc) is 3.43. The van der Waals surface area contributed by atoms with Gasteiger partial charge in [-0.3, -0.25) is 0 Å². The van der Waals surface area contributed by atoms with E-state index >= 15 is 0 Å². The third-order valence-electron chi connectivity index (χ3n) is 4.65. The van der Waals surface area contributed by atoms with E-state index in [4.69, 9.17) is 14.5 Å². The number of hydrogen-bond acceptors (Lipinski definition) is 5. The summed E-state index contributed by atoms with van der Waals surface area (Å²) in [6, 6.07) is 8.41. The van der Waals surface area contributed by atoms with Crippen LogP contribution in [0.4, 0.5) is 0 Å². The zero-order chi connectivity index (χ0) is 20.2. The molecule has 0 amide bonds. The molecule has 1 atom stereocenters. The predicted octanol–water partition coefficient (Wildman–Crippen LogP) is 1.97. The molecule has 0 saturated carbocycles. The summed E-state index contributed by atoms with van der Waals surface area (Å²) in [7, 11) is 0. The van der Waals surface area contributed by atoms with Crippen molar-refractivity contribution in [2.45, 2.75) is 45.4 Å². The Bertz CT molecular complexity index is 729. The predicted molar refractivity (Wildman–Crippen MR) is 113 cm³/mol. The maximum Gasteiger partial charge on any atom is 0.191 e. The van der Waals surface area contributed by atoms with Crippen LogP contribution < -0.4 is 10.6 Å². The highest BCUT2D eigenvalue weighted by molar-refractivity contribution is 5.79. The van der Waals surface area contributed by atoms with Crippen molar-refractivity contribution in [3.05, 3.63) is 48.0 Å². The highest BCUT2D eigenvalue weighted by Crippen LogP contribution is 2.12. The lowest BCUT2D eigenvalue weighted by Crippen LogP contribution is -2.38. The first-order valence-electron chi connectivity index (χ1n) is 10.4. The van der Waals surface area contributed by atoms with Gasteiger partial charge in [-0.1, -0.05) is 24.3 Å². The fourth-order valence-corrected chi connectivity index (χ4v) is 3.21. The molecule has 1 aliphatic heterocycles. The molecule has 8 heteroatoms. The van der Waals surface area contributed by atoms with E-state index in [0.29, 0.717) is 25.8 Å². The molecule has 8 nitrogen and oxygen atoms in total. The molecule has 1 unspecified atom stereocenters. The third kappa shape index (κ3) is 7.83. The largest absolute Gasteiger partial charge is 0.379 e. The van der Waals surface area contributed by atoms with Crippen LogP contribution in [-0.4, -0.2) is 59.7 Å². The van der Waals surface area contributed by atoms with Crippen LogP contribution in [0.15, 0.2) is 41.9 Å². The maximum atomic E-state index is 5.71. The van der Waals surface area contributed by atoms with Crippen molar-refractivity contribution in [1.82, 2.24) is 25.4 Å². The third-order valence-corrected chi connectivity index (χ3v) is 4.65. The van der Waals surface area contributed by atoms with E-state index in [0.717, 1.165) is 51.5 Å². The summed E-state index contributed by atoms with van der Waals surface area (Å²) >= 11 is 0. The molecule has 1 aliphatic rings. The van der Waals surface area contributed by atoms with E-state index in [-0.39, 0.29) is 0 Å². The van der Waals surface area contributed by atoms with Crippen molar-refractivity contribution < 1.29 is 9.47 Å². The summed E-state index contributed by atoms with van der Waals surface area (Å²) in [5, 5.41) is 10.8. The number of nitrogens with zero attached hydrogens (tertiary/aromatic N) is 4. The van der Waals surface area contributed by atoms with Crippen LogP contribution in [0.25, 0.3) is 0 Å². The van der Waals surface area contributed by atoms with Gasteiger partial charge in [-0.05, 0) is 37.3 Å². The van der Waals surface area contributed by atoms with Crippen molar-refractivity contribution in [3.8, 4) is 0 Å². The molecule has 0 aliphatic carbocycles. The van der Waals surface area contributed by atoms with E-state index < -0.39 is 0 Å². The lowest BCUT2D eigenvalue weighted by atomic mass is 10.1. The number of aliphatic imine (C=N–C) groups is 1. The van der Waals surface area contributed by atoms with Crippen LogP contribution in [0.2, 0.25) is 0 Å². The average molecular weight is 401 g/mol. The summed E-state index contributed by atoms with van der Waals surface area (Å²) in [4.78, 5) is 8.69. The smallest absolute Gasteiger partial charge is 0.191 e. The minimum Gasteiger partial charge on any atom is -0.379 e. The summed E-state index contributed by atoms with van der Waals surface area (Å²) < 4.78 is 13.1. The lowest BCUT2D eigenvalue weighted by molar-refractivity contribution is 0.0168. The second kappa shape index (κ2) is 12.2.